The zero-order valence-corrected chi connectivity index (χ0v) is 11.2. The topological polar surface area (TPSA) is 47.0 Å². The molecule has 0 aliphatic heterocycles. The Morgan fingerprint density at radius 2 is 1.90 bits per heavy atom. The maximum Gasteiger partial charge on any atom is 0.221 e. The second-order valence-electron chi connectivity index (χ2n) is 4.32. The summed E-state index contributed by atoms with van der Waals surface area (Å²) in [7, 11) is 0. The van der Waals surface area contributed by atoms with Crippen molar-refractivity contribution < 1.29 is 4.74 Å². The molecule has 0 fully saturated rings. The van der Waals surface area contributed by atoms with E-state index in [0.29, 0.717) is 11.6 Å². The van der Waals surface area contributed by atoms with E-state index < -0.39 is 0 Å². The number of hydrogen-bond donors (Lipinski definition) is 1. The van der Waals surface area contributed by atoms with Crippen LogP contribution in [0.5, 0.6) is 11.6 Å². The highest BCUT2D eigenvalue weighted by molar-refractivity contribution is 5.84. The number of para-hydroxylation sites is 1. The third-order valence-electron chi connectivity index (χ3n) is 2.89. The number of nitrogens with zero attached hydrogens (tertiary/aromatic N) is 2. The van der Waals surface area contributed by atoms with Crippen molar-refractivity contribution in [2.45, 2.75) is 6.92 Å². The summed E-state index contributed by atoms with van der Waals surface area (Å²) in [5.41, 5.74) is 0.839. The minimum absolute atomic E-state index is 0.557. The molecule has 0 bridgehead atoms. The van der Waals surface area contributed by atoms with Gasteiger partial charge in [0.2, 0.25) is 5.88 Å². The quantitative estimate of drug-likeness (QED) is 0.778. The van der Waals surface area contributed by atoms with E-state index in [1.165, 1.54) is 0 Å². The van der Waals surface area contributed by atoms with E-state index in [0.717, 1.165) is 23.3 Å². The zero-order valence-electron chi connectivity index (χ0n) is 11.2. The molecule has 0 spiro atoms. The van der Waals surface area contributed by atoms with Gasteiger partial charge >= 0.3 is 0 Å². The van der Waals surface area contributed by atoms with Gasteiger partial charge in [-0.3, -0.25) is 4.98 Å². The SMILES string of the molecule is CCNc1cccc(Oc2cccc3cccnc23)n1. The third-order valence-corrected chi connectivity index (χ3v) is 2.89. The number of rotatable bonds is 4. The van der Waals surface area contributed by atoms with Gasteiger partial charge in [0.15, 0.2) is 5.75 Å². The monoisotopic (exact) mass is 265 g/mol. The second-order valence-corrected chi connectivity index (χ2v) is 4.32. The van der Waals surface area contributed by atoms with Gasteiger partial charge in [-0.15, -0.1) is 0 Å². The molecule has 2 heterocycles. The van der Waals surface area contributed by atoms with Crippen LogP contribution in [0, 0.1) is 0 Å². The van der Waals surface area contributed by atoms with Crippen molar-refractivity contribution in [2.75, 3.05) is 11.9 Å². The van der Waals surface area contributed by atoms with Crippen molar-refractivity contribution >= 4 is 16.7 Å². The first-order valence-corrected chi connectivity index (χ1v) is 6.59. The smallest absolute Gasteiger partial charge is 0.221 e. The first-order chi connectivity index (χ1) is 9.86. The summed E-state index contributed by atoms with van der Waals surface area (Å²) in [6.45, 7) is 2.86. The maximum atomic E-state index is 5.87. The lowest BCUT2D eigenvalue weighted by atomic mass is 10.2. The lowest BCUT2D eigenvalue weighted by molar-refractivity contribution is 0.468. The van der Waals surface area contributed by atoms with Crippen molar-refractivity contribution in [1.29, 1.82) is 0 Å². The molecule has 0 saturated heterocycles. The number of hydrogen-bond acceptors (Lipinski definition) is 4. The van der Waals surface area contributed by atoms with Crippen LogP contribution in [0.2, 0.25) is 0 Å². The molecule has 20 heavy (non-hydrogen) atoms. The molecule has 100 valence electrons. The summed E-state index contributed by atoms with van der Waals surface area (Å²) in [4.78, 5) is 8.77. The predicted octanol–water partition coefficient (Wildman–Crippen LogP) is 3.85. The van der Waals surface area contributed by atoms with Gasteiger partial charge < -0.3 is 10.1 Å². The molecule has 0 saturated carbocycles. The number of benzene rings is 1. The van der Waals surface area contributed by atoms with Crippen LogP contribution in [0.25, 0.3) is 10.9 Å². The number of fused-ring (bicyclic) bond motifs is 1. The van der Waals surface area contributed by atoms with Gasteiger partial charge in [0.05, 0.1) is 0 Å². The van der Waals surface area contributed by atoms with E-state index in [1.54, 1.807) is 6.20 Å². The van der Waals surface area contributed by atoms with Crippen LogP contribution in [-0.2, 0) is 0 Å². The van der Waals surface area contributed by atoms with E-state index >= 15 is 0 Å². The van der Waals surface area contributed by atoms with Crippen LogP contribution in [0.3, 0.4) is 0 Å². The molecule has 0 aliphatic rings. The third kappa shape index (κ3) is 2.54. The Hall–Kier alpha value is -2.62. The molecular weight excluding hydrogens is 250 g/mol. The standard InChI is InChI=1S/C16H15N3O/c1-2-17-14-9-4-10-15(19-14)20-13-8-3-6-12-7-5-11-18-16(12)13/h3-11H,2H2,1H3,(H,17,19). The van der Waals surface area contributed by atoms with Crippen molar-refractivity contribution in [1.82, 2.24) is 9.97 Å². The Kier molecular flexibility index (Phi) is 3.46. The highest BCUT2D eigenvalue weighted by Gasteiger charge is 2.05. The van der Waals surface area contributed by atoms with Gasteiger partial charge in [-0.05, 0) is 25.1 Å². The zero-order chi connectivity index (χ0) is 13.8. The lowest BCUT2D eigenvalue weighted by Gasteiger charge is -2.09. The molecule has 2 aromatic heterocycles. The minimum Gasteiger partial charge on any atom is -0.437 e. The fourth-order valence-electron chi connectivity index (χ4n) is 2.02. The van der Waals surface area contributed by atoms with Crippen LogP contribution < -0.4 is 10.1 Å². The molecule has 1 N–H and O–H groups in total. The molecular formula is C16H15N3O. The Balaban J connectivity index is 1.95. The molecule has 4 nitrogen and oxygen atoms in total. The van der Waals surface area contributed by atoms with Crippen molar-refractivity contribution in [3.63, 3.8) is 0 Å². The van der Waals surface area contributed by atoms with E-state index in [-0.39, 0.29) is 0 Å². The fraction of sp³-hybridized carbons (Fsp3) is 0.125. The van der Waals surface area contributed by atoms with Gasteiger partial charge in [-0.25, -0.2) is 0 Å². The largest absolute Gasteiger partial charge is 0.437 e. The number of pyridine rings is 2. The Morgan fingerprint density at radius 3 is 2.80 bits per heavy atom. The Labute approximate surface area is 117 Å². The normalized spacial score (nSPS) is 10.4. The van der Waals surface area contributed by atoms with Crippen molar-refractivity contribution in [3.05, 3.63) is 54.7 Å². The summed E-state index contributed by atoms with van der Waals surface area (Å²) in [6.07, 6.45) is 1.76. The molecule has 0 radical (unpaired) electrons. The fourth-order valence-corrected chi connectivity index (χ4v) is 2.02. The average molecular weight is 265 g/mol. The van der Waals surface area contributed by atoms with Gasteiger partial charge in [0.25, 0.3) is 0 Å². The highest BCUT2D eigenvalue weighted by Crippen LogP contribution is 2.27. The molecule has 4 heteroatoms. The van der Waals surface area contributed by atoms with Gasteiger partial charge in [0.1, 0.15) is 11.3 Å². The van der Waals surface area contributed by atoms with Crippen molar-refractivity contribution in [3.8, 4) is 11.6 Å². The molecule has 3 aromatic rings. The predicted molar refractivity (Wildman–Crippen MR) is 80.2 cm³/mol. The van der Waals surface area contributed by atoms with E-state index in [9.17, 15) is 0 Å². The lowest BCUT2D eigenvalue weighted by Crippen LogP contribution is -1.99. The highest BCUT2D eigenvalue weighted by atomic mass is 16.5. The van der Waals surface area contributed by atoms with Crippen LogP contribution in [0.4, 0.5) is 5.82 Å². The Bertz CT molecular complexity index is 722. The van der Waals surface area contributed by atoms with Crippen LogP contribution >= 0.6 is 0 Å². The summed E-state index contributed by atoms with van der Waals surface area (Å²) >= 11 is 0. The van der Waals surface area contributed by atoms with Crippen molar-refractivity contribution in [2.24, 2.45) is 0 Å². The second kappa shape index (κ2) is 5.57. The van der Waals surface area contributed by atoms with E-state index in [4.69, 9.17) is 4.74 Å². The first-order valence-electron chi connectivity index (χ1n) is 6.59. The molecule has 1 aromatic carbocycles. The average Bonchev–Trinajstić information content (AvgIpc) is 2.48. The maximum absolute atomic E-state index is 5.87. The van der Waals surface area contributed by atoms with Gasteiger partial charge in [0, 0.05) is 24.2 Å². The van der Waals surface area contributed by atoms with Gasteiger partial charge in [-0.1, -0.05) is 24.3 Å². The molecule has 0 atom stereocenters. The number of nitrogens with one attached hydrogen (secondary N) is 1. The molecule has 0 unspecified atom stereocenters. The summed E-state index contributed by atoms with van der Waals surface area (Å²) in [5, 5.41) is 4.21. The van der Waals surface area contributed by atoms with Crippen LogP contribution in [-0.4, -0.2) is 16.5 Å². The summed E-state index contributed by atoms with van der Waals surface area (Å²) in [5.74, 6) is 2.07. The molecule has 0 aliphatic carbocycles. The molecule has 0 amide bonds. The number of anilines is 1. The summed E-state index contributed by atoms with van der Waals surface area (Å²) < 4.78 is 5.87. The van der Waals surface area contributed by atoms with Gasteiger partial charge in [-0.2, -0.15) is 4.98 Å². The van der Waals surface area contributed by atoms with E-state index in [2.05, 4.69) is 15.3 Å². The number of aromatic nitrogens is 2. The Morgan fingerprint density at radius 1 is 1.05 bits per heavy atom. The first kappa shape index (κ1) is 12.4. The van der Waals surface area contributed by atoms with E-state index in [1.807, 2.05) is 55.5 Å². The van der Waals surface area contributed by atoms with Crippen LogP contribution in [0.1, 0.15) is 6.92 Å². The molecule has 3 rings (SSSR count). The van der Waals surface area contributed by atoms with Crippen LogP contribution in [0.15, 0.2) is 54.7 Å². The number of ether oxygens (including phenoxy) is 1. The minimum atomic E-state index is 0.557. The summed E-state index contributed by atoms with van der Waals surface area (Å²) in [6, 6.07) is 15.5.